The van der Waals surface area contributed by atoms with Crippen LogP contribution in [0.4, 0.5) is 14.6 Å². The number of ether oxygens (including phenoxy) is 1. The fourth-order valence-electron chi connectivity index (χ4n) is 3.45. The number of nitrogens with one attached hydrogen (secondary N) is 1. The van der Waals surface area contributed by atoms with Gasteiger partial charge in [-0.3, -0.25) is 0 Å². The van der Waals surface area contributed by atoms with Crippen LogP contribution < -0.4 is 9.62 Å². The van der Waals surface area contributed by atoms with Crippen molar-refractivity contribution < 1.29 is 17.7 Å². The Morgan fingerprint density at radius 3 is 2.87 bits per heavy atom. The van der Waals surface area contributed by atoms with E-state index >= 15 is 0 Å². The monoisotopic (exact) mass is 451 g/mol. The highest BCUT2D eigenvalue weighted by atomic mass is 32.2. The topological polar surface area (TPSA) is 97.5 Å². The van der Waals surface area contributed by atoms with E-state index in [2.05, 4.69) is 29.7 Å². The first-order valence-corrected chi connectivity index (χ1v) is 11.2. The number of hydrogen-bond donors (Lipinski definition) is 1. The van der Waals surface area contributed by atoms with Crippen molar-refractivity contribution in [1.29, 1.82) is 0 Å². The van der Waals surface area contributed by atoms with Gasteiger partial charge >= 0.3 is 0 Å². The van der Waals surface area contributed by atoms with Crippen LogP contribution in [-0.4, -0.2) is 66.4 Å². The third kappa shape index (κ3) is 4.55. The normalized spacial score (nSPS) is 19.8. The number of hydrogen-bond acceptors (Lipinski definition) is 7. The molecule has 31 heavy (non-hydrogen) atoms. The van der Waals surface area contributed by atoms with Crippen molar-refractivity contribution in [3.8, 4) is 11.4 Å². The highest BCUT2D eigenvalue weighted by molar-refractivity contribution is 7.82. The molecule has 166 valence electrons. The zero-order valence-electron chi connectivity index (χ0n) is 17.3. The molecule has 3 aromatic heterocycles. The van der Waals surface area contributed by atoms with Crippen LogP contribution in [0.5, 0.6) is 0 Å². The summed E-state index contributed by atoms with van der Waals surface area (Å²) in [6.45, 7) is 5.53. The van der Waals surface area contributed by atoms with Crippen LogP contribution in [0, 0.1) is 0 Å². The van der Waals surface area contributed by atoms with E-state index in [1.54, 1.807) is 18.5 Å². The fourth-order valence-corrected chi connectivity index (χ4v) is 3.87. The Kier molecular flexibility index (Phi) is 5.95. The maximum absolute atomic E-state index is 13.1. The van der Waals surface area contributed by atoms with Gasteiger partial charge in [-0.1, -0.05) is 0 Å². The number of anilines is 1. The van der Waals surface area contributed by atoms with Crippen LogP contribution >= 0.6 is 0 Å². The highest BCUT2D eigenvalue weighted by Crippen LogP contribution is 2.30. The molecule has 1 saturated heterocycles. The summed E-state index contributed by atoms with van der Waals surface area (Å²) in [6.07, 6.45) is 1.71. The third-order valence-electron chi connectivity index (χ3n) is 5.10. The standard InChI is InChI=1S/C19H23F2N7O2S/c1-19(2)10-30-12(7-25-31(3)29)9-27(19)17-6-14(23-11-24-17)15-8-22-16-5-4-13(18(20)21)26-28(15)16/h4-6,8,11-12,18,25H,7,9-10H2,1-3H3. The van der Waals surface area contributed by atoms with Gasteiger partial charge in [0.1, 0.15) is 23.5 Å². The van der Waals surface area contributed by atoms with Gasteiger partial charge < -0.3 is 9.64 Å². The van der Waals surface area contributed by atoms with Crippen LogP contribution in [0.15, 0.2) is 30.7 Å². The van der Waals surface area contributed by atoms with Gasteiger partial charge in [-0.05, 0) is 26.0 Å². The summed E-state index contributed by atoms with van der Waals surface area (Å²) < 4.78 is 47.8. The summed E-state index contributed by atoms with van der Waals surface area (Å²) in [7, 11) is -1.13. The molecule has 0 aliphatic carbocycles. The van der Waals surface area contributed by atoms with E-state index < -0.39 is 17.4 Å². The van der Waals surface area contributed by atoms with Gasteiger partial charge in [0.05, 0.1) is 41.1 Å². The molecule has 0 bridgehead atoms. The summed E-state index contributed by atoms with van der Waals surface area (Å²) in [6, 6.07) is 4.55. The lowest BCUT2D eigenvalue weighted by atomic mass is 10.0. The van der Waals surface area contributed by atoms with E-state index in [0.717, 1.165) is 0 Å². The zero-order valence-corrected chi connectivity index (χ0v) is 18.1. The van der Waals surface area contributed by atoms with Gasteiger partial charge in [0.25, 0.3) is 6.43 Å². The molecular formula is C19H23F2N7O2S. The summed E-state index contributed by atoms with van der Waals surface area (Å²) >= 11 is 0. The number of rotatable bonds is 6. The molecule has 1 N–H and O–H groups in total. The Labute approximate surface area is 180 Å². The van der Waals surface area contributed by atoms with Crippen molar-refractivity contribution in [2.45, 2.75) is 31.9 Å². The Morgan fingerprint density at radius 1 is 1.32 bits per heavy atom. The van der Waals surface area contributed by atoms with E-state index in [4.69, 9.17) is 4.74 Å². The second kappa shape index (κ2) is 8.52. The van der Waals surface area contributed by atoms with Crippen molar-refractivity contribution in [1.82, 2.24) is 29.3 Å². The smallest absolute Gasteiger partial charge is 0.282 e. The molecular weight excluding hydrogens is 428 g/mol. The van der Waals surface area contributed by atoms with Crippen LogP contribution in [-0.2, 0) is 15.7 Å². The molecule has 4 rings (SSSR count). The maximum Gasteiger partial charge on any atom is 0.282 e. The van der Waals surface area contributed by atoms with E-state index in [1.165, 1.54) is 23.0 Å². The lowest BCUT2D eigenvalue weighted by molar-refractivity contribution is -0.000223. The lowest BCUT2D eigenvalue weighted by Crippen LogP contribution is -2.58. The first kappa shape index (κ1) is 21.7. The van der Waals surface area contributed by atoms with Crippen molar-refractivity contribution in [2.75, 3.05) is 30.9 Å². The number of fused-ring (bicyclic) bond motifs is 1. The van der Waals surface area contributed by atoms with Gasteiger partial charge in [-0.15, -0.1) is 0 Å². The Balaban J connectivity index is 1.67. The van der Waals surface area contributed by atoms with E-state index in [0.29, 0.717) is 42.5 Å². The van der Waals surface area contributed by atoms with Crippen LogP contribution in [0.2, 0.25) is 0 Å². The van der Waals surface area contributed by atoms with Crippen molar-refractivity contribution >= 4 is 22.5 Å². The van der Waals surface area contributed by atoms with E-state index in [-0.39, 0.29) is 17.3 Å². The number of nitrogens with zero attached hydrogens (tertiary/aromatic N) is 6. The molecule has 4 heterocycles. The third-order valence-corrected chi connectivity index (χ3v) is 5.67. The largest absolute Gasteiger partial charge is 0.373 e. The summed E-state index contributed by atoms with van der Waals surface area (Å²) in [4.78, 5) is 15.1. The molecule has 1 aliphatic heterocycles. The predicted octanol–water partition coefficient (Wildman–Crippen LogP) is 1.99. The summed E-state index contributed by atoms with van der Waals surface area (Å²) in [5.41, 5.74) is 0.785. The molecule has 0 spiro atoms. The molecule has 0 amide bonds. The van der Waals surface area contributed by atoms with Gasteiger partial charge in [0, 0.05) is 25.4 Å². The average molecular weight is 452 g/mol. The van der Waals surface area contributed by atoms with Crippen LogP contribution in [0.25, 0.3) is 17.0 Å². The predicted molar refractivity (Wildman–Crippen MR) is 112 cm³/mol. The second-order valence-corrected chi connectivity index (χ2v) is 9.09. The molecule has 0 aromatic carbocycles. The van der Waals surface area contributed by atoms with E-state index in [1.807, 2.05) is 13.8 Å². The SMILES string of the molecule is CS(=O)NCC1CN(c2cc(-c3cnc4ccc(C(F)F)nn34)ncn2)C(C)(C)CO1. The minimum atomic E-state index is -2.68. The van der Waals surface area contributed by atoms with Crippen LogP contribution in [0.3, 0.4) is 0 Å². The van der Waals surface area contributed by atoms with Crippen molar-refractivity contribution in [3.05, 3.63) is 36.4 Å². The highest BCUT2D eigenvalue weighted by Gasteiger charge is 2.36. The number of alkyl halides is 2. The zero-order chi connectivity index (χ0) is 22.2. The minimum Gasteiger partial charge on any atom is -0.373 e. The summed E-state index contributed by atoms with van der Waals surface area (Å²) in [5, 5.41) is 4.01. The Hall–Kier alpha value is -2.57. The number of aromatic nitrogens is 5. The van der Waals surface area contributed by atoms with Crippen LogP contribution in [0.1, 0.15) is 26.0 Å². The lowest BCUT2D eigenvalue weighted by Gasteiger charge is -2.46. The Morgan fingerprint density at radius 2 is 2.13 bits per heavy atom. The van der Waals surface area contributed by atoms with Crippen molar-refractivity contribution in [2.24, 2.45) is 0 Å². The second-order valence-electron chi connectivity index (χ2n) is 7.89. The average Bonchev–Trinajstić information content (AvgIpc) is 3.16. The van der Waals surface area contributed by atoms with E-state index in [9.17, 15) is 13.0 Å². The molecule has 0 radical (unpaired) electrons. The quantitative estimate of drug-likeness (QED) is 0.612. The van der Waals surface area contributed by atoms with Gasteiger partial charge in [-0.2, -0.15) is 5.10 Å². The minimum absolute atomic E-state index is 0.165. The number of imidazole rings is 1. The molecule has 12 heteroatoms. The molecule has 1 fully saturated rings. The maximum atomic E-state index is 13.1. The molecule has 2 unspecified atom stereocenters. The Bertz CT molecular complexity index is 1110. The summed E-state index contributed by atoms with van der Waals surface area (Å²) in [5.74, 6) is 0.667. The molecule has 1 aliphatic rings. The van der Waals surface area contributed by atoms with Crippen molar-refractivity contribution in [3.63, 3.8) is 0 Å². The first-order chi connectivity index (χ1) is 14.7. The first-order valence-electron chi connectivity index (χ1n) is 9.66. The molecule has 2 atom stereocenters. The molecule has 3 aromatic rings. The van der Waals surface area contributed by atoms with Gasteiger partial charge in [0.15, 0.2) is 5.65 Å². The number of morpholine rings is 1. The van der Waals surface area contributed by atoms with Gasteiger partial charge in [0.2, 0.25) is 0 Å². The number of halogens is 2. The molecule has 0 saturated carbocycles. The molecule has 9 nitrogen and oxygen atoms in total. The fraction of sp³-hybridized carbons (Fsp3) is 0.474. The van der Waals surface area contributed by atoms with Gasteiger partial charge in [-0.25, -0.2) is 37.2 Å².